The molecule has 0 aromatic rings. The van der Waals surface area contributed by atoms with Crippen molar-refractivity contribution in [2.24, 2.45) is 5.92 Å². The maximum atomic E-state index is 9.11. The summed E-state index contributed by atoms with van der Waals surface area (Å²) in [5, 5.41) is 9.11. The van der Waals surface area contributed by atoms with E-state index in [4.69, 9.17) is 5.11 Å². The van der Waals surface area contributed by atoms with E-state index >= 15 is 0 Å². The molecule has 1 N–H and O–H groups in total. The predicted octanol–water partition coefficient (Wildman–Crippen LogP) is 6.20. The maximum Gasteiger partial charge on any atom is 0.0459 e. The monoisotopic (exact) mass is 292 g/mol. The molecule has 0 rings (SSSR count). The fraction of sp³-hybridized carbons (Fsp3) is 0.700. The highest BCUT2D eigenvalue weighted by atomic mass is 16.3. The number of unbranched alkanes of at least 4 members (excludes halogenated alkanes) is 4. The molecule has 0 bridgehead atoms. The third-order valence-corrected chi connectivity index (χ3v) is 3.85. The lowest BCUT2D eigenvalue weighted by atomic mass is 9.99. The molecule has 0 radical (unpaired) electrons. The van der Waals surface area contributed by atoms with Crippen molar-refractivity contribution in [1.82, 2.24) is 0 Å². The highest BCUT2D eigenvalue weighted by Crippen LogP contribution is 2.14. The molecule has 0 aromatic carbocycles. The van der Waals surface area contributed by atoms with Gasteiger partial charge in [0, 0.05) is 6.61 Å². The van der Waals surface area contributed by atoms with Crippen LogP contribution in [0.3, 0.4) is 0 Å². The lowest BCUT2D eigenvalue weighted by Crippen LogP contribution is -2.03. The smallest absolute Gasteiger partial charge is 0.0459 e. The lowest BCUT2D eigenvalue weighted by Gasteiger charge is -2.10. The topological polar surface area (TPSA) is 20.2 Å². The van der Waals surface area contributed by atoms with E-state index in [1.54, 1.807) is 0 Å². The molecule has 0 aromatic heterocycles. The molecule has 1 nitrogen and oxygen atoms in total. The van der Waals surface area contributed by atoms with Gasteiger partial charge in [0.1, 0.15) is 0 Å². The van der Waals surface area contributed by atoms with E-state index in [1.165, 1.54) is 38.5 Å². The van der Waals surface area contributed by atoms with E-state index in [9.17, 15) is 0 Å². The number of hydrogen-bond acceptors (Lipinski definition) is 1. The third-order valence-electron chi connectivity index (χ3n) is 3.85. The van der Waals surface area contributed by atoms with E-state index in [0.29, 0.717) is 12.5 Å². The van der Waals surface area contributed by atoms with E-state index in [1.807, 2.05) is 0 Å². The SMILES string of the molecule is CCC=CCC=CCC=CCCCCCCC(CC)CO. The Morgan fingerprint density at radius 3 is 2.00 bits per heavy atom. The Labute approximate surface area is 132 Å². The molecule has 1 heteroatoms. The second-order valence-electron chi connectivity index (χ2n) is 5.74. The van der Waals surface area contributed by atoms with Crippen LogP contribution >= 0.6 is 0 Å². The number of allylic oxidation sites excluding steroid dienone is 6. The molecule has 0 fully saturated rings. The third kappa shape index (κ3) is 15.4. The molecule has 122 valence electrons. The molecular weight excluding hydrogens is 256 g/mol. The van der Waals surface area contributed by atoms with Crippen molar-refractivity contribution in [3.05, 3.63) is 36.5 Å². The summed E-state index contributed by atoms with van der Waals surface area (Å²) < 4.78 is 0. The van der Waals surface area contributed by atoms with Gasteiger partial charge in [0.25, 0.3) is 0 Å². The van der Waals surface area contributed by atoms with Crippen LogP contribution in [0.1, 0.15) is 78.1 Å². The van der Waals surface area contributed by atoms with Gasteiger partial charge < -0.3 is 5.11 Å². The van der Waals surface area contributed by atoms with Crippen molar-refractivity contribution in [1.29, 1.82) is 0 Å². The normalized spacial score (nSPS) is 13.9. The summed E-state index contributed by atoms with van der Waals surface area (Å²) >= 11 is 0. The molecule has 0 saturated carbocycles. The minimum absolute atomic E-state index is 0.362. The van der Waals surface area contributed by atoms with Gasteiger partial charge in [-0.2, -0.15) is 0 Å². The lowest BCUT2D eigenvalue weighted by molar-refractivity contribution is 0.211. The van der Waals surface area contributed by atoms with E-state index < -0.39 is 0 Å². The molecule has 1 unspecified atom stereocenters. The Bertz CT molecular complexity index is 272. The Balaban J connectivity index is 3.31. The van der Waals surface area contributed by atoms with Crippen molar-refractivity contribution in [2.45, 2.75) is 78.1 Å². The fourth-order valence-corrected chi connectivity index (χ4v) is 2.30. The van der Waals surface area contributed by atoms with E-state index in [2.05, 4.69) is 50.3 Å². The van der Waals surface area contributed by atoms with Crippen LogP contribution in [0.5, 0.6) is 0 Å². The zero-order valence-corrected chi connectivity index (χ0v) is 14.3. The van der Waals surface area contributed by atoms with Crippen LogP contribution in [0.15, 0.2) is 36.5 Å². The highest BCUT2D eigenvalue weighted by Gasteiger charge is 2.02. The zero-order valence-electron chi connectivity index (χ0n) is 14.3. The summed E-state index contributed by atoms with van der Waals surface area (Å²) in [5.74, 6) is 0.531. The minimum atomic E-state index is 0.362. The summed E-state index contributed by atoms with van der Waals surface area (Å²) in [5.41, 5.74) is 0. The van der Waals surface area contributed by atoms with Crippen LogP contribution in [0.4, 0.5) is 0 Å². The van der Waals surface area contributed by atoms with Gasteiger partial charge in [-0.25, -0.2) is 0 Å². The largest absolute Gasteiger partial charge is 0.396 e. The van der Waals surface area contributed by atoms with Crippen molar-refractivity contribution in [3.63, 3.8) is 0 Å². The Kier molecular flexibility index (Phi) is 16.6. The molecule has 21 heavy (non-hydrogen) atoms. The standard InChI is InChI=1S/C20H36O/c1-3-5-6-7-8-9-10-11-12-13-14-15-16-17-18-20(4-2)19-21/h5-6,8-9,11-12,20-21H,3-4,7,10,13-19H2,1-2H3. The van der Waals surface area contributed by atoms with Gasteiger partial charge in [0.15, 0.2) is 0 Å². The first-order valence-electron chi connectivity index (χ1n) is 8.90. The molecule has 0 aliphatic rings. The first-order valence-corrected chi connectivity index (χ1v) is 8.90. The highest BCUT2D eigenvalue weighted by molar-refractivity contribution is 4.96. The fourth-order valence-electron chi connectivity index (χ4n) is 2.30. The number of rotatable bonds is 14. The van der Waals surface area contributed by atoms with Crippen LogP contribution in [0.25, 0.3) is 0 Å². The van der Waals surface area contributed by atoms with Gasteiger partial charge in [-0.05, 0) is 44.4 Å². The van der Waals surface area contributed by atoms with Crippen molar-refractivity contribution in [3.8, 4) is 0 Å². The van der Waals surface area contributed by atoms with Gasteiger partial charge in [-0.15, -0.1) is 0 Å². The molecule has 0 saturated heterocycles. The van der Waals surface area contributed by atoms with Crippen LogP contribution in [-0.4, -0.2) is 11.7 Å². The van der Waals surface area contributed by atoms with E-state index in [0.717, 1.165) is 25.7 Å². The Morgan fingerprint density at radius 2 is 1.38 bits per heavy atom. The molecule has 1 atom stereocenters. The van der Waals surface area contributed by atoms with Gasteiger partial charge >= 0.3 is 0 Å². The quantitative estimate of drug-likeness (QED) is 0.298. The van der Waals surface area contributed by atoms with Crippen LogP contribution in [0, 0.1) is 5.92 Å². The van der Waals surface area contributed by atoms with E-state index in [-0.39, 0.29) is 0 Å². The Hall–Kier alpha value is -0.820. The minimum Gasteiger partial charge on any atom is -0.396 e. The van der Waals surface area contributed by atoms with Crippen LogP contribution < -0.4 is 0 Å². The summed E-state index contributed by atoms with van der Waals surface area (Å²) in [4.78, 5) is 0. The molecular formula is C20H36O. The summed E-state index contributed by atoms with van der Waals surface area (Å²) in [6, 6.07) is 0. The average Bonchev–Trinajstić information content (AvgIpc) is 2.51. The maximum absolute atomic E-state index is 9.11. The second kappa shape index (κ2) is 17.2. The molecule has 0 aliphatic carbocycles. The summed E-state index contributed by atoms with van der Waals surface area (Å²) in [6.07, 6.45) is 25.5. The van der Waals surface area contributed by atoms with Crippen molar-refractivity contribution in [2.75, 3.05) is 6.61 Å². The predicted molar refractivity (Wildman–Crippen MR) is 95.5 cm³/mol. The van der Waals surface area contributed by atoms with Crippen LogP contribution in [-0.2, 0) is 0 Å². The number of hydrogen-bond donors (Lipinski definition) is 1. The van der Waals surface area contributed by atoms with Gasteiger partial charge in [-0.3, -0.25) is 0 Å². The summed E-state index contributed by atoms with van der Waals surface area (Å²) in [7, 11) is 0. The second-order valence-corrected chi connectivity index (χ2v) is 5.74. The molecule has 0 amide bonds. The van der Waals surface area contributed by atoms with Crippen LogP contribution in [0.2, 0.25) is 0 Å². The Morgan fingerprint density at radius 1 is 0.762 bits per heavy atom. The van der Waals surface area contributed by atoms with Gasteiger partial charge in [0.05, 0.1) is 0 Å². The first-order chi connectivity index (χ1) is 10.3. The average molecular weight is 293 g/mol. The molecule has 0 aliphatic heterocycles. The molecule has 0 spiro atoms. The van der Waals surface area contributed by atoms with Crippen molar-refractivity contribution >= 4 is 0 Å². The number of aliphatic hydroxyl groups is 1. The van der Waals surface area contributed by atoms with Crippen molar-refractivity contribution < 1.29 is 5.11 Å². The first kappa shape index (κ1) is 20.2. The summed E-state index contributed by atoms with van der Waals surface area (Å²) in [6.45, 7) is 4.69. The van der Waals surface area contributed by atoms with Gasteiger partial charge in [0.2, 0.25) is 0 Å². The molecule has 0 heterocycles. The zero-order chi connectivity index (χ0) is 15.6. The number of aliphatic hydroxyl groups excluding tert-OH is 1. The van der Waals surface area contributed by atoms with Gasteiger partial charge in [-0.1, -0.05) is 76.0 Å².